The lowest BCUT2D eigenvalue weighted by Crippen LogP contribution is -2.01. The highest BCUT2D eigenvalue weighted by Crippen LogP contribution is 2.31. The number of carbonyl (C=O) groups is 1. The summed E-state index contributed by atoms with van der Waals surface area (Å²) in [5.74, 6) is 0. The zero-order chi connectivity index (χ0) is 10.7. The van der Waals surface area contributed by atoms with Crippen LogP contribution >= 0.6 is 15.9 Å². The molecule has 1 rings (SSSR count). The molecule has 74 valence electrons. The number of nitrogens with one attached hydrogen (secondary N) is 1. The van der Waals surface area contributed by atoms with E-state index in [1.54, 1.807) is 13.0 Å². The minimum atomic E-state index is -0.538. The maximum absolute atomic E-state index is 10.6. The van der Waals surface area contributed by atoms with Crippen molar-refractivity contribution < 1.29 is 9.72 Å². The first kappa shape index (κ1) is 10.6. The Kier molecular flexibility index (Phi) is 3.19. The van der Waals surface area contributed by atoms with Crippen LogP contribution in [0.5, 0.6) is 0 Å². The van der Waals surface area contributed by atoms with Gasteiger partial charge in [0.25, 0.3) is 5.69 Å². The molecule has 0 saturated heterocycles. The zero-order valence-corrected chi connectivity index (χ0v) is 8.87. The molecule has 1 amide bonds. The highest BCUT2D eigenvalue weighted by molar-refractivity contribution is 9.10. The molecule has 0 aliphatic rings. The van der Waals surface area contributed by atoms with Crippen LogP contribution in [0.2, 0.25) is 0 Å². The van der Waals surface area contributed by atoms with E-state index in [1.165, 1.54) is 6.07 Å². The third-order valence-electron chi connectivity index (χ3n) is 1.68. The van der Waals surface area contributed by atoms with Gasteiger partial charge in [-0.25, -0.2) is 0 Å². The van der Waals surface area contributed by atoms with Gasteiger partial charge in [-0.3, -0.25) is 14.9 Å². The Labute approximate surface area is 88.4 Å². The second-order valence-corrected chi connectivity index (χ2v) is 3.55. The third-order valence-corrected chi connectivity index (χ3v) is 2.14. The Bertz CT molecular complexity index is 392. The molecule has 0 aliphatic carbocycles. The number of rotatable bonds is 3. The normalized spacial score (nSPS) is 9.57. The molecule has 0 heterocycles. The number of nitro groups is 1. The molecular formula is C8H7BrN2O3. The topological polar surface area (TPSA) is 72.2 Å². The molecule has 0 aromatic heterocycles. The minimum absolute atomic E-state index is 0.121. The Morgan fingerprint density at radius 3 is 2.71 bits per heavy atom. The van der Waals surface area contributed by atoms with E-state index in [1.807, 2.05) is 0 Å². The Morgan fingerprint density at radius 2 is 2.21 bits per heavy atom. The lowest BCUT2D eigenvalue weighted by atomic mass is 10.1. The number of hydrogen-bond acceptors (Lipinski definition) is 3. The molecule has 5 nitrogen and oxygen atoms in total. The Hall–Kier alpha value is -1.43. The third kappa shape index (κ3) is 2.08. The van der Waals surface area contributed by atoms with Crippen LogP contribution in [0.15, 0.2) is 16.6 Å². The van der Waals surface area contributed by atoms with Crippen molar-refractivity contribution in [3.8, 4) is 0 Å². The van der Waals surface area contributed by atoms with E-state index in [0.29, 0.717) is 16.4 Å². The van der Waals surface area contributed by atoms with Crippen molar-refractivity contribution in [2.75, 3.05) is 5.32 Å². The summed E-state index contributed by atoms with van der Waals surface area (Å²) in [5, 5.41) is 12.9. The lowest BCUT2D eigenvalue weighted by molar-refractivity contribution is -0.384. The summed E-state index contributed by atoms with van der Waals surface area (Å²) in [7, 11) is 0. The van der Waals surface area contributed by atoms with E-state index in [4.69, 9.17) is 0 Å². The van der Waals surface area contributed by atoms with Crippen molar-refractivity contribution in [2.24, 2.45) is 0 Å². The first-order valence-electron chi connectivity index (χ1n) is 3.71. The zero-order valence-electron chi connectivity index (χ0n) is 7.28. The second kappa shape index (κ2) is 4.19. The van der Waals surface area contributed by atoms with Gasteiger partial charge >= 0.3 is 0 Å². The number of hydrogen-bond donors (Lipinski definition) is 1. The van der Waals surface area contributed by atoms with E-state index in [2.05, 4.69) is 21.2 Å². The molecule has 0 aliphatic heterocycles. The fourth-order valence-corrected chi connectivity index (χ4v) is 1.68. The summed E-state index contributed by atoms with van der Waals surface area (Å²) >= 11 is 3.15. The van der Waals surface area contributed by atoms with Crippen LogP contribution in [0.25, 0.3) is 0 Å². The Balaban J connectivity index is 3.35. The van der Waals surface area contributed by atoms with Crippen LogP contribution in [0, 0.1) is 17.0 Å². The second-order valence-electron chi connectivity index (χ2n) is 2.64. The van der Waals surface area contributed by atoms with E-state index in [0.717, 1.165) is 0 Å². The molecule has 0 unspecified atom stereocenters. The number of halogens is 1. The molecule has 0 radical (unpaired) electrons. The molecule has 0 saturated carbocycles. The number of anilines is 1. The Morgan fingerprint density at radius 1 is 1.57 bits per heavy atom. The predicted octanol–water partition coefficient (Wildman–Crippen LogP) is 2.23. The molecule has 0 bridgehead atoms. The predicted molar refractivity (Wildman–Crippen MR) is 55.2 cm³/mol. The average Bonchev–Trinajstić information content (AvgIpc) is 2.09. The van der Waals surface area contributed by atoms with Crippen LogP contribution in [0.1, 0.15) is 5.56 Å². The lowest BCUT2D eigenvalue weighted by Gasteiger charge is -2.05. The summed E-state index contributed by atoms with van der Waals surface area (Å²) in [5.41, 5.74) is 0.746. The van der Waals surface area contributed by atoms with Crippen LogP contribution in [0.4, 0.5) is 11.4 Å². The molecule has 1 aromatic rings. The van der Waals surface area contributed by atoms with Crippen molar-refractivity contribution >= 4 is 33.7 Å². The van der Waals surface area contributed by atoms with Crippen molar-refractivity contribution in [3.63, 3.8) is 0 Å². The van der Waals surface area contributed by atoms with Gasteiger partial charge in [0, 0.05) is 10.5 Å². The van der Waals surface area contributed by atoms with Crippen LogP contribution < -0.4 is 5.32 Å². The largest absolute Gasteiger partial charge is 0.323 e. The summed E-state index contributed by atoms with van der Waals surface area (Å²) in [6, 6.07) is 3.04. The summed E-state index contributed by atoms with van der Waals surface area (Å²) in [4.78, 5) is 20.3. The van der Waals surface area contributed by atoms with Gasteiger partial charge in [0.15, 0.2) is 0 Å². The standard InChI is InChI=1S/C8H7BrN2O3/c1-5-2-6(9)3-7(11(13)14)8(5)10-4-12/h2-4H,1H3,(H,10,12). The van der Waals surface area contributed by atoms with Gasteiger partial charge in [0.05, 0.1) is 4.92 Å². The molecular weight excluding hydrogens is 252 g/mol. The monoisotopic (exact) mass is 258 g/mol. The molecule has 1 aromatic carbocycles. The molecule has 0 atom stereocenters. The first-order valence-corrected chi connectivity index (χ1v) is 4.50. The summed E-state index contributed by atoms with van der Waals surface area (Å²) < 4.78 is 0.609. The van der Waals surface area contributed by atoms with E-state index < -0.39 is 4.92 Å². The maximum atomic E-state index is 10.6. The number of carbonyl (C=O) groups excluding carboxylic acids is 1. The fraction of sp³-hybridized carbons (Fsp3) is 0.125. The highest BCUT2D eigenvalue weighted by atomic mass is 79.9. The minimum Gasteiger partial charge on any atom is -0.323 e. The van der Waals surface area contributed by atoms with Gasteiger partial charge in [0.1, 0.15) is 5.69 Å². The van der Waals surface area contributed by atoms with Gasteiger partial charge in [0.2, 0.25) is 6.41 Å². The van der Waals surface area contributed by atoms with E-state index in [9.17, 15) is 14.9 Å². The van der Waals surface area contributed by atoms with Crippen molar-refractivity contribution in [1.82, 2.24) is 0 Å². The summed E-state index contributed by atoms with van der Waals surface area (Å²) in [6.45, 7) is 1.68. The SMILES string of the molecule is Cc1cc(Br)cc([N+](=O)[O-])c1NC=O. The van der Waals surface area contributed by atoms with Crippen molar-refractivity contribution in [3.05, 3.63) is 32.3 Å². The number of benzene rings is 1. The number of amides is 1. The van der Waals surface area contributed by atoms with Gasteiger partial charge in [-0.2, -0.15) is 0 Å². The first-order chi connectivity index (χ1) is 6.56. The van der Waals surface area contributed by atoms with Gasteiger partial charge < -0.3 is 5.32 Å². The van der Waals surface area contributed by atoms with E-state index in [-0.39, 0.29) is 11.4 Å². The van der Waals surface area contributed by atoms with Crippen LogP contribution in [0.3, 0.4) is 0 Å². The van der Waals surface area contributed by atoms with Gasteiger partial charge in [-0.1, -0.05) is 15.9 Å². The molecule has 0 spiro atoms. The van der Waals surface area contributed by atoms with Crippen LogP contribution in [-0.4, -0.2) is 11.3 Å². The molecule has 1 N–H and O–H groups in total. The van der Waals surface area contributed by atoms with Crippen molar-refractivity contribution in [1.29, 1.82) is 0 Å². The number of nitrogens with zero attached hydrogens (tertiary/aromatic N) is 1. The highest BCUT2D eigenvalue weighted by Gasteiger charge is 2.16. The maximum Gasteiger partial charge on any atom is 0.294 e. The van der Waals surface area contributed by atoms with Crippen LogP contribution in [-0.2, 0) is 4.79 Å². The molecule has 14 heavy (non-hydrogen) atoms. The van der Waals surface area contributed by atoms with Crippen molar-refractivity contribution in [2.45, 2.75) is 6.92 Å². The van der Waals surface area contributed by atoms with Gasteiger partial charge in [-0.15, -0.1) is 0 Å². The fourth-order valence-electron chi connectivity index (χ4n) is 1.12. The summed E-state index contributed by atoms with van der Waals surface area (Å²) in [6.07, 6.45) is 0.420. The quantitative estimate of drug-likeness (QED) is 0.514. The smallest absolute Gasteiger partial charge is 0.294 e. The number of aryl methyl sites for hydroxylation is 1. The molecule has 6 heteroatoms. The van der Waals surface area contributed by atoms with Gasteiger partial charge in [-0.05, 0) is 18.6 Å². The molecule has 0 fully saturated rings. The van der Waals surface area contributed by atoms with E-state index >= 15 is 0 Å². The number of nitro benzene ring substituents is 1. The average molecular weight is 259 g/mol.